The summed E-state index contributed by atoms with van der Waals surface area (Å²) in [5.74, 6) is -2.30. The highest BCUT2D eigenvalue weighted by atomic mass is 16.2. The molecule has 0 aromatic heterocycles. The predicted octanol–water partition coefficient (Wildman–Crippen LogP) is -2.78. The van der Waals surface area contributed by atoms with Crippen molar-refractivity contribution in [2.75, 3.05) is 0 Å². The van der Waals surface area contributed by atoms with Gasteiger partial charge in [0.15, 0.2) is 0 Å². The molecule has 0 aliphatic carbocycles. The van der Waals surface area contributed by atoms with E-state index in [0.29, 0.717) is 0 Å². The zero-order chi connectivity index (χ0) is 11.6. The molecule has 0 radical (unpaired) electrons. The number of dihydropyridines is 1. The molecule has 7 N–H and O–H groups in total. The second kappa shape index (κ2) is 3.82. The summed E-state index contributed by atoms with van der Waals surface area (Å²) in [6, 6.07) is -0.958. The van der Waals surface area contributed by atoms with Crippen LogP contribution in [0.5, 0.6) is 0 Å². The highest BCUT2D eigenvalue weighted by molar-refractivity contribution is 6.02. The Balaban J connectivity index is 3.07. The van der Waals surface area contributed by atoms with Gasteiger partial charge in [-0.25, -0.2) is 0 Å². The highest BCUT2D eigenvalue weighted by Gasteiger charge is 2.22. The maximum Gasteiger partial charge on any atom is 0.264 e. The molecule has 1 heterocycles. The molecule has 0 fully saturated rings. The van der Waals surface area contributed by atoms with Crippen molar-refractivity contribution in [3.63, 3.8) is 0 Å². The molecular formula is C8H10N4O3. The fourth-order valence-corrected chi connectivity index (χ4v) is 1.08. The Morgan fingerprint density at radius 1 is 1.13 bits per heavy atom. The quantitative estimate of drug-likeness (QED) is 0.399. The average molecular weight is 210 g/mol. The molecule has 7 nitrogen and oxygen atoms in total. The number of rotatable bonds is 3. The van der Waals surface area contributed by atoms with Gasteiger partial charge < -0.3 is 22.5 Å². The van der Waals surface area contributed by atoms with E-state index in [-0.39, 0.29) is 11.3 Å². The Labute approximate surface area is 85.0 Å². The normalized spacial score (nSPS) is 19.6. The SMILES string of the molecule is NC(=O)C1=CC(C(N)=O)NC(C(N)=O)=C1. The molecule has 7 heteroatoms. The molecule has 1 aliphatic rings. The molecule has 1 atom stereocenters. The maximum atomic E-state index is 10.9. The molecule has 80 valence electrons. The first-order valence-corrected chi connectivity index (χ1v) is 4.01. The number of nitrogens with one attached hydrogen (secondary N) is 1. The minimum Gasteiger partial charge on any atom is -0.368 e. The lowest BCUT2D eigenvalue weighted by atomic mass is 10.0. The Hall–Kier alpha value is -2.31. The summed E-state index contributed by atoms with van der Waals surface area (Å²) in [5, 5.41) is 2.47. The van der Waals surface area contributed by atoms with Crippen molar-refractivity contribution in [1.82, 2.24) is 5.32 Å². The fraction of sp³-hybridized carbons (Fsp3) is 0.125. The van der Waals surface area contributed by atoms with Crippen molar-refractivity contribution in [2.45, 2.75) is 6.04 Å². The smallest absolute Gasteiger partial charge is 0.264 e. The number of hydrogen-bond donors (Lipinski definition) is 4. The highest BCUT2D eigenvalue weighted by Crippen LogP contribution is 2.09. The number of nitrogens with two attached hydrogens (primary N) is 3. The lowest BCUT2D eigenvalue weighted by Gasteiger charge is -2.19. The molecule has 1 aliphatic heterocycles. The third-order valence-corrected chi connectivity index (χ3v) is 1.81. The van der Waals surface area contributed by atoms with E-state index in [9.17, 15) is 14.4 Å². The predicted molar refractivity (Wildman–Crippen MR) is 50.7 cm³/mol. The van der Waals surface area contributed by atoms with Crippen LogP contribution in [0, 0.1) is 0 Å². The number of amides is 3. The van der Waals surface area contributed by atoms with Gasteiger partial charge in [-0.3, -0.25) is 14.4 Å². The molecule has 0 spiro atoms. The Morgan fingerprint density at radius 2 is 1.73 bits per heavy atom. The summed E-state index contributed by atoms with van der Waals surface area (Å²) in [6.45, 7) is 0. The van der Waals surface area contributed by atoms with Crippen molar-refractivity contribution in [3.8, 4) is 0 Å². The molecule has 0 aromatic carbocycles. The van der Waals surface area contributed by atoms with Crippen molar-refractivity contribution in [3.05, 3.63) is 23.4 Å². The molecule has 1 rings (SSSR count). The topological polar surface area (TPSA) is 141 Å². The average Bonchev–Trinajstić information content (AvgIpc) is 2.16. The minimum absolute atomic E-state index is 0.0198. The van der Waals surface area contributed by atoms with Crippen LogP contribution in [0.3, 0.4) is 0 Å². The molecule has 0 bridgehead atoms. The first kappa shape index (κ1) is 10.8. The maximum absolute atomic E-state index is 10.9. The van der Waals surface area contributed by atoms with E-state index in [1.807, 2.05) is 0 Å². The minimum atomic E-state index is -0.958. The van der Waals surface area contributed by atoms with Gasteiger partial charge in [-0.05, 0) is 12.2 Å². The van der Waals surface area contributed by atoms with Crippen LogP contribution in [0.25, 0.3) is 0 Å². The molecule has 0 aromatic rings. The van der Waals surface area contributed by atoms with Gasteiger partial charge in [-0.1, -0.05) is 0 Å². The van der Waals surface area contributed by atoms with E-state index >= 15 is 0 Å². The van der Waals surface area contributed by atoms with Crippen molar-refractivity contribution < 1.29 is 14.4 Å². The van der Waals surface area contributed by atoms with Gasteiger partial charge in [0, 0.05) is 5.57 Å². The van der Waals surface area contributed by atoms with Gasteiger partial charge in [0.05, 0.1) is 0 Å². The number of hydrogen-bond acceptors (Lipinski definition) is 4. The largest absolute Gasteiger partial charge is 0.368 e. The molecule has 0 saturated carbocycles. The van der Waals surface area contributed by atoms with Crippen molar-refractivity contribution >= 4 is 17.7 Å². The van der Waals surface area contributed by atoms with E-state index < -0.39 is 23.8 Å². The summed E-state index contributed by atoms with van der Waals surface area (Å²) in [7, 11) is 0. The lowest BCUT2D eigenvalue weighted by molar-refractivity contribution is -0.119. The van der Waals surface area contributed by atoms with Crippen LogP contribution in [0.2, 0.25) is 0 Å². The van der Waals surface area contributed by atoms with Gasteiger partial charge in [0.25, 0.3) is 5.91 Å². The second-order valence-corrected chi connectivity index (χ2v) is 2.93. The van der Waals surface area contributed by atoms with Crippen LogP contribution in [0.4, 0.5) is 0 Å². The van der Waals surface area contributed by atoms with Crippen LogP contribution in [0.15, 0.2) is 23.4 Å². The van der Waals surface area contributed by atoms with Crippen LogP contribution < -0.4 is 22.5 Å². The molecule has 0 saturated heterocycles. The third-order valence-electron chi connectivity index (χ3n) is 1.81. The van der Waals surface area contributed by atoms with Gasteiger partial charge in [-0.15, -0.1) is 0 Å². The summed E-state index contributed by atoms with van der Waals surface area (Å²) < 4.78 is 0. The Bertz CT molecular complexity index is 397. The lowest BCUT2D eigenvalue weighted by Crippen LogP contribution is -2.44. The van der Waals surface area contributed by atoms with Crippen LogP contribution in [-0.4, -0.2) is 23.8 Å². The Kier molecular flexibility index (Phi) is 2.75. The van der Waals surface area contributed by atoms with E-state index in [4.69, 9.17) is 17.2 Å². The van der Waals surface area contributed by atoms with E-state index in [0.717, 1.165) is 0 Å². The van der Waals surface area contributed by atoms with E-state index in [1.54, 1.807) is 0 Å². The van der Waals surface area contributed by atoms with Gasteiger partial charge in [-0.2, -0.15) is 0 Å². The zero-order valence-corrected chi connectivity index (χ0v) is 7.69. The zero-order valence-electron chi connectivity index (χ0n) is 7.69. The van der Waals surface area contributed by atoms with E-state index in [1.165, 1.54) is 12.2 Å². The summed E-state index contributed by atoms with van der Waals surface area (Å²) in [4.78, 5) is 32.6. The first-order chi connectivity index (χ1) is 6.91. The summed E-state index contributed by atoms with van der Waals surface area (Å²) in [5.41, 5.74) is 15.0. The summed E-state index contributed by atoms with van der Waals surface area (Å²) in [6.07, 6.45) is 2.40. The molecule has 15 heavy (non-hydrogen) atoms. The molecular weight excluding hydrogens is 200 g/mol. The summed E-state index contributed by atoms with van der Waals surface area (Å²) >= 11 is 0. The third kappa shape index (κ3) is 2.33. The van der Waals surface area contributed by atoms with Crippen LogP contribution in [0.1, 0.15) is 0 Å². The van der Waals surface area contributed by atoms with Crippen molar-refractivity contribution in [2.24, 2.45) is 17.2 Å². The Morgan fingerprint density at radius 3 is 2.13 bits per heavy atom. The molecule has 1 unspecified atom stereocenters. The van der Waals surface area contributed by atoms with Crippen LogP contribution in [-0.2, 0) is 14.4 Å². The number of carbonyl (C=O) groups excluding carboxylic acids is 3. The van der Waals surface area contributed by atoms with Gasteiger partial charge >= 0.3 is 0 Å². The number of carbonyl (C=O) groups is 3. The van der Waals surface area contributed by atoms with Crippen molar-refractivity contribution in [1.29, 1.82) is 0 Å². The fourth-order valence-electron chi connectivity index (χ4n) is 1.08. The molecule has 3 amide bonds. The second-order valence-electron chi connectivity index (χ2n) is 2.93. The van der Waals surface area contributed by atoms with Gasteiger partial charge in [0.1, 0.15) is 11.7 Å². The monoisotopic (exact) mass is 210 g/mol. The standard InChI is InChI=1S/C8H10N4O3/c9-6(13)3-1-4(7(10)14)12-5(2-3)8(11)15/h1-2,4,12H,(H2,9,13)(H2,10,14)(H2,11,15). The number of primary amides is 3. The van der Waals surface area contributed by atoms with Crippen LogP contribution >= 0.6 is 0 Å². The van der Waals surface area contributed by atoms with E-state index in [2.05, 4.69) is 5.32 Å². The first-order valence-electron chi connectivity index (χ1n) is 4.01. The van der Waals surface area contributed by atoms with Gasteiger partial charge in [0.2, 0.25) is 11.8 Å².